The first-order valence-electron chi connectivity index (χ1n) is 6.67. The summed E-state index contributed by atoms with van der Waals surface area (Å²) in [4.78, 5) is 18.0. The Bertz CT molecular complexity index is 430. The van der Waals surface area contributed by atoms with Gasteiger partial charge in [-0.15, -0.1) is 0 Å². The van der Waals surface area contributed by atoms with Gasteiger partial charge in [0.15, 0.2) is 0 Å². The Labute approximate surface area is 117 Å². The van der Waals surface area contributed by atoms with Gasteiger partial charge in [0.1, 0.15) is 5.82 Å². The van der Waals surface area contributed by atoms with E-state index in [1.807, 2.05) is 6.07 Å². The van der Waals surface area contributed by atoms with Crippen molar-refractivity contribution in [3.8, 4) is 0 Å². The van der Waals surface area contributed by atoms with Crippen LogP contribution in [0.5, 0.6) is 0 Å². The predicted octanol–water partition coefficient (Wildman–Crippen LogP) is 0.420. The quantitative estimate of drug-likeness (QED) is 0.744. The van der Waals surface area contributed by atoms with Crippen LogP contribution in [0.25, 0.3) is 0 Å². The summed E-state index contributed by atoms with van der Waals surface area (Å²) < 4.78 is 5.29. The molecule has 7 nitrogen and oxygen atoms in total. The third-order valence-corrected chi connectivity index (χ3v) is 2.90. The van der Waals surface area contributed by atoms with E-state index in [1.165, 1.54) is 0 Å². The smallest absolute Gasteiger partial charge is 0.319 e. The van der Waals surface area contributed by atoms with E-state index in [0.29, 0.717) is 18.9 Å². The van der Waals surface area contributed by atoms with E-state index in [9.17, 15) is 4.79 Å². The summed E-state index contributed by atoms with van der Waals surface area (Å²) in [6.45, 7) is 4.90. The van der Waals surface area contributed by atoms with Gasteiger partial charge < -0.3 is 25.4 Å². The number of hydrogen-bond acceptors (Lipinski definition) is 5. The van der Waals surface area contributed by atoms with Crippen LogP contribution in [0, 0.1) is 0 Å². The molecule has 1 aromatic rings. The highest BCUT2D eigenvalue weighted by atomic mass is 16.5. The maximum Gasteiger partial charge on any atom is 0.319 e. The molecule has 1 aliphatic heterocycles. The van der Waals surface area contributed by atoms with Gasteiger partial charge in [-0.2, -0.15) is 0 Å². The lowest BCUT2D eigenvalue weighted by Gasteiger charge is -2.27. The highest BCUT2D eigenvalue weighted by Gasteiger charge is 2.12. The molecule has 20 heavy (non-hydrogen) atoms. The standard InChI is InChI=1S/C13H20N4O3/c1-10(18)8-15-13(19)16-11-2-3-12(14-9-11)17-4-6-20-7-5-17/h2-3,9-10,18H,4-8H2,1H3,(H2,15,16,19)/t10-/m1/s1. The summed E-state index contributed by atoms with van der Waals surface area (Å²) in [5.74, 6) is 0.878. The van der Waals surface area contributed by atoms with Crippen LogP contribution in [0.15, 0.2) is 18.3 Å². The average Bonchev–Trinajstić information content (AvgIpc) is 2.47. The number of morpholine rings is 1. The lowest BCUT2D eigenvalue weighted by atomic mass is 10.3. The summed E-state index contributed by atoms with van der Waals surface area (Å²) in [5.41, 5.74) is 0.616. The number of ether oxygens (including phenoxy) is 1. The number of aliphatic hydroxyl groups excluding tert-OH is 1. The maximum absolute atomic E-state index is 11.5. The lowest BCUT2D eigenvalue weighted by Crippen LogP contribution is -2.36. The first-order valence-corrected chi connectivity index (χ1v) is 6.67. The maximum atomic E-state index is 11.5. The Kier molecular flexibility index (Phi) is 5.14. The minimum atomic E-state index is -0.567. The number of rotatable bonds is 4. The molecule has 110 valence electrons. The molecule has 0 spiro atoms. The zero-order valence-corrected chi connectivity index (χ0v) is 11.5. The molecule has 1 aromatic heterocycles. The number of nitrogens with zero attached hydrogens (tertiary/aromatic N) is 2. The van der Waals surface area contributed by atoms with Crippen LogP contribution in [0.1, 0.15) is 6.92 Å². The number of hydrogen-bond donors (Lipinski definition) is 3. The van der Waals surface area contributed by atoms with Gasteiger partial charge in [-0.3, -0.25) is 0 Å². The average molecular weight is 280 g/mol. The van der Waals surface area contributed by atoms with E-state index >= 15 is 0 Å². The number of carbonyl (C=O) groups excluding carboxylic acids is 1. The van der Waals surface area contributed by atoms with Crippen molar-refractivity contribution in [2.45, 2.75) is 13.0 Å². The summed E-state index contributed by atoms with van der Waals surface area (Å²) in [7, 11) is 0. The van der Waals surface area contributed by atoms with Crippen LogP contribution < -0.4 is 15.5 Å². The third-order valence-electron chi connectivity index (χ3n) is 2.90. The summed E-state index contributed by atoms with van der Waals surface area (Å²) >= 11 is 0. The van der Waals surface area contributed by atoms with Crippen molar-refractivity contribution in [1.29, 1.82) is 0 Å². The Hall–Kier alpha value is -1.86. The number of pyridine rings is 1. The van der Waals surface area contributed by atoms with Crippen LogP contribution in [0.2, 0.25) is 0 Å². The number of carbonyl (C=O) groups is 1. The first kappa shape index (κ1) is 14.5. The van der Waals surface area contributed by atoms with Crippen LogP contribution in [0.4, 0.5) is 16.3 Å². The van der Waals surface area contributed by atoms with Gasteiger partial charge in [0.25, 0.3) is 0 Å². The van der Waals surface area contributed by atoms with Crippen molar-refractivity contribution in [3.63, 3.8) is 0 Å². The van der Waals surface area contributed by atoms with Crippen LogP contribution in [-0.2, 0) is 4.74 Å². The molecule has 1 saturated heterocycles. The lowest BCUT2D eigenvalue weighted by molar-refractivity contribution is 0.122. The zero-order valence-electron chi connectivity index (χ0n) is 11.5. The second-order valence-corrected chi connectivity index (χ2v) is 4.69. The summed E-state index contributed by atoms with van der Waals surface area (Å²) in [6, 6.07) is 3.32. The van der Waals surface area contributed by atoms with Crippen LogP contribution in [-0.4, -0.2) is 55.1 Å². The van der Waals surface area contributed by atoms with Gasteiger partial charge in [-0.05, 0) is 19.1 Å². The predicted molar refractivity (Wildman–Crippen MR) is 76.0 cm³/mol. The molecule has 0 bridgehead atoms. The van der Waals surface area contributed by atoms with E-state index in [0.717, 1.165) is 18.9 Å². The highest BCUT2D eigenvalue weighted by molar-refractivity contribution is 5.89. The number of anilines is 2. The van der Waals surface area contributed by atoms with Crippen molar-refractivity contribution < 1.29 is 14.6 Å². The van der Waals surface area contributed by atoms with E-state index in [4.69, 9.17) is 9.84 Å². The Balaban J connectivity index is 1.86. The molecule has 3 N–H and O–H groups in total. The summed E-state index contributed by atoms with van der Waals surface area (Å²) in [6.07, 6.45) is 1.05. The first-order chi connectivity index (χ1) is 9.65. The van der Waals surface area contributed by atoms with E-state index in [-0.39, 0.29) is 12.6 Å². The van der Waals surface area contributed by atoms with Gasteiger partial charge in [0.2, 0.25) is 0 Å². The van der Waals surface area contributed by atoms with Crippen molar-refractivity contribution >= 4 is 17.5 Å². The minimum absolute atomic E-state index is 0.213. The van der Waals surface area contributed by atoms with E-state index in [2.05, 4.69) is 20.5 Å². The molecule has 1 atom stereocenters. The normalized spacial score (nSPS) is 16.6. The molecule has 2 heterocycles. The molecule has 2 rings (SSSR count). The Morgan fingerprint density at radius 3 is 2.85 bits per heavy atom. The Morgan fingerprint density at radius 1 is 1.50 bits per heavy atom. The number of aromatic nitrogens is 1. The van der Waals surface area contributed by atoms with Gasteiger partial charge in [-0.25, -0.2) is 9.78 Å². The number of urea groups is 1. The van der Waals surface area contributed by atoms with E-state index < -0.39 is 6.10 Å². The van der Waals surface area contributed by atoms with Gasteiger partial charge >= 0.3 is 6.03 Å². The number of aliphatic hydroxyl groups is 1. The minimum Gasteiger partial charge on any atom is -0.392 e. The SMILES string of the molecule is C[C@@H](O)CNC(=O)Nc1ccc(N2CCOCC2)nc1. The van der Waals surface area contributed by atoms with Crippen LogP contribution in [0.3, 0.4) is 0 Å². The molecule has 7 heteroatoms. The molecular formula is C13H20N4O3. The zero-order chi connectivity index (χ0) is 14.4. The number of nitrogens with one attached hydrogen (secondary N) is 2. The molecule has 1 fully saturated rings. The van der Waals surface area contributed by atoms with Crippen molar-refractivity contribution in [2.24, 2.45) is 0 Å². The van der Waals surface area contributed by atoms with E-state index in [1.54, 1.807) is 19.2 Å². The molecule has 0 saturated carbocycles. The van der Waals surface area contributed by atoms with Gasteiger partial charge in [-0.1, -0.05) is 0 Å². The molecular weight excluding hydrogens is 260 g/mol. The molecule has 0 aromatic carbocycles. The fourth-order valence-electron chi connectivity index (χ4n) is 1.86. The third kappa shape index (κ3) is 4.36. The topological polar surface area (TPSA) is 86.7 Å². The fourth-order valence-corrected chi connectivity index (χ4v) is 1.86. The molecule has 0 radical (unpaired) electrons. The monoisotopic (exact) mass is 280 g/mol. The molecule has 2 amide bonds. The van der Waals surface area contributed by atoms with Crippen molar-refractivity contribution in [3.05, 3.63) is 18.3 Å². The van der Waals surface area contributed by atoms with Crippen LogP contribution >= 0.6 is 0 Å². The highest BCUT2D eigenvalue weighted by Crippen LogP contribution is 2.15. The second kappa shape index (κ2) is 7.06. The second-order valence-electron chi connectivity index (χ2n) is 4.69. The Morgan fingerprint density at radius 2 is 2.25 bits per heavy atom. The molecule has 1 aliphatic rings. The van der Waals surface area contributed by atoms with Gasteiger partial charge in [0, 0.05) is 19.6 Å². The van der Waals surface area contributed by atoms with Gasteiger partial charge in [0.05, 0.1) is 31.2 Å². The number of amides is 2. The summed E-state index contributed by atoms with van der Waals surface area (Å²) in [5, 5.41) is 14.3. The fraction of sp³-hybridized carbons (Fsp3) is 0.538. The van der Waals surface area contributed by atoms with Crippen molar-refractivity contribution in [1.82, 2.24) is 10.3 Å². The molecule has 0 unspecified atom stereocenters. The largest absolute Gasteiger partial charge is 0.392 e. The molecule has 0 aliphatic carbocycles. The van der Waals surface area contributed by atoms with Crippen molar-refractivity contribution in [2.75, 3.05) is 43.1 Å².